The summed E-state index contributed by atoms with van der Waals surface area (Å²) in [6.45, 7) is 4.79. The van der Waals surface area contributed by atoms with Gasteiger partial charge in [-0.3, -0.25) is 4.68 Å². The summed E-state index contributed by atoms with van der Waals surface area (Å²) in [5.41, 5.74) is 1.57. The summed E-state index contributed by atoms with van der Waals surface area (Å²) < 4.78 is 15.4. The average Bonchev–Trinajstić information content (AvgIpc) is 2.77. The third-order valence-electron chi connectivity index (χ3n) is 2.71. The largest absolute Gasteiger partial charge is 0.376 e. The molecule has 3 nitrogen and oxygen atoms in total. The van der Waals surface area contributed by atoms with Gasteiger partial charge in [0.25, 0.3) is 0 Å². The van der Waals surface area contributed by atoms with Gasteiger partial charge in [0.2, 0.25) is 0 Å². The van der Waals surface area contributed by atoms with E-state index in [1.54, 1.807) is 18.3 Å². The van der Waals surface area contributed by atoms with Crippen LogP contribution in [-0.2, 0) is 6.54 Å². The summed E-state index contributed by atoms with van der Waals surface area (Å²) in [6.07, 6.45) is 3.66. The molecule has 0 aliphatic rings. The molecule has 1 aromatic heterocycles. The van der Waals surface area contributed by atoms with E-state index in [-0.39, 0.29) is 11.9 Å². The minimum absolute atomic E-state index is 0.0780. The van der Waals surface area contributed by atoms with Crippen LogP contribution >= 0.6 is 0 Å². The van der Waals surface area contributed by atoms with Crippen molar-refractivity contribution < 1.29 is 4.39 Å². The molecule has 0 aliphatic heterocycles. The first-order valence-corrected chi connectivity index (χ1v) is 5.74. The van der Waals surface area contributed by atoms with Crippen LogP contribution in [0.1, 0.15) is 25.5 Å². The molecule has 0 spiro atoms. The van der Waals surface area contributed by atoms with Crippen molar-refractivity contribution >= 4 is 5.69 Å². The zero-order chi connectivity index (χ0) is 12.3. The first kappa shape index (κ1) is 11.6. The van der Waals surface area contributed by atoms with Crippen LogP contribution < -0.4 is 5.32 Å². The molecule has 0 amide bonds. The smallest absolute Gasteiger partial charge is 0.128 e. The van der Waals surface area contributed by atoms with Crippen molar-refractivity contribution in [2.45, 2.75) is 26.4 Å². The number of rotatable bonds is 4. The van der Waals surface area contributed by atoms with Crippen molar-refractivity contribution in [2.75, 3.05) is 5.32 Å². The Kier molecular flexibility index (Phi) is 3.42. The van der Waals surface area contributed by atoms with Crippen molar-refractivity contribution in [1.29, 1.82) is 0 Å². The van der Waals surface area contributed by atoms with Crippen LogP contribution in [0.3, 0.4) is 0 Å². The number of aromatic nitrogens is 2. The SMILES string of the molecule is CCn1cc(NC(C)c2ccccc2F)cn1. The lowest BCUT2D eigenvalue weighted by Gasteiger charge is -2.14. The zero-order valence-corrected chi connectivity index (χ0v) is 10.0. The highest BCUT2D eigenvalue weighted by atomic mass is 19.1. The summed E-state index contributed by atoms with van der Waals surface area (Å²) in [7, 11) is 0. The van der Waals surface area contributed by atoms with Crippen molar-refractivity contribution in [1.82, 2.24) is 9.78 Å². The molecule has 90 valence electrons. The lowest BCUT2D eigenvalue weighted by Crippen LogP contribution is -2.07. The summed E-state index contributed by atoms with van der Waals surface area (Å²) in [6, 6.07) is 6.72. The van der Waals surface area contributed by atoms with Gasteiger partial charge in [0.05, 0.1) is 17.9 Å². The van der Waals surface area contributed by atoms with Gasteiger partial charge in [-0.2, -0.15) is 5.10 Å². The maximum atomic E-state index is 13.6. The quantitative estimate of drug-likeness (QED) is 0.878. The topological polar surface area (TPSA) is 29.9 Å². The summed E-state index contributed by atoms with van der Waals surface area (Å²) in [5.74, 6) is -0.185. The minimum atomic E-state index is -0.185. The highest BCUT2D eigenvalue weighted by molar-refractivity contribution is 5.41. The molecule has 1 N–H and O–H groups in total. The van der Waals surface area contributed by atoms with E-state index >= 15 is 0 Å². The third kappa shape index (κ3) is 2.64. The Bertz CT molecular complexity index is 493. The van der Waals surface area contributed by atoms with Gasteiger partial charge >= 0.3 is 0 Å². The number of benzene rings is 1. The van der Waals surface area contributed by atoms with Gasteiger partial charge in [0, 0.05) is 18.3 Å². The molecule has 0 fully saturated rings. The van der Waals surface area contributed by atoms with E-state index in [2.05, 4.69) is 10.4 Å². The van der Waals surface area contributed by atoms with Crippen molar-refractivity contribution in [2.24, 2.45) is 0 Å². The van der Waals surface area contributed by atoms with E-state index < -0.39 is 0 Å². The van der Waals surface area contributed by atoms with Crippen LogP contribution in [0.15, 0.2) is 36.7 Å². The average molecular weight is 233 g/mol. The summed E-state index contributed by atoms with van der Waals surface area (Å²) >= 11 is 0. The fraction of sp³-hybridized carbons (Fsp3) is 0.308. The Hall–Kier alpha value is -1.84. The molecular formula is C13H16FN3. The lowest BCUT2D eigenvalue weighted by atomic mass is 10.1. The van der Waals surface area contributed by atoms with E-state index in [4.69, 9.17) is 0 Å². The van der Waals surface area contributed by atoms with Gasteiger partial charge in [0.15, 0.2) is 0 Å². The predicted octanol–water partition coefficient (Wildman–Crippen LogP) is 3.22. The number of hydrogen-bond donors (Lipinski definition) is 1. The Morgan fingerprint density at radius 3 is 2.82 bits per heavy atom. The van der Waals surface area contributed by atoms with Gasteiger partial charge in [-0.05, 0) is 19.9 Å². The standard InChI is InChI=1S/C13H16FN3/c1-3-17-9-11(8-15-17)16-10(2)12-6-4-5-7-13(12)14/h4-10,16H,3H2,1-2H3. The molecule has 1 heterocycles. The first-order chi connectivity index (χ1) is 8.20. The molecule has 0 radical (unpaired) electrons. The maximum absolute atomic E-state index is 13.6. The van der Waals surface area contributed by atoms with E-state index in [0.717, 1.165) is 12.2 Å². The van der Waals surface area contributed by atoms with Crippen LogP contribution in [0.5, 0.6) is 0 Å². The molecule has 1 atom stereocenters. The first-order valence-electron chi connectivity index (χ1n) is 5.74. The molecule has 1 aromatic carbocycles. The van der Waals surface area contributed by atoms with Crippen molar-refractivity contribution in [3.8, 4) is 0 Å². The van der Waals surface area contributed by atoms with Crippen LogP contribution in [0.25, 0.3) is 0 Å². The number of aryl methyl sites for hydroxylation is 1. The van der Waals surface area contributed by atoms with Crippen molar-refractivity contribution in [3.05, 3.63) is 48.0 Å². The summed E-state index contributed by atoms with van der Waals surface area (Å²) in [4.78, 5) is 0. The number of halogens is 1. The number of anilines is 1. The van der Waals surface area contributed by atoms with Gasteiger partial charge in [-0.1, -0.05) is 18.2 Å². The fourth-order valence-corrected chi connectivity index (χ4v) is 1.77. The monoisotopic (exact) mass is 233 g/mol. The summed E-state index contributed by atoms with van der Waals surface area (Å²) in [5, 5.41) is 7.39. The highest BCUT2D eigenvalue weighted by Gasteiger charge is 2.10. The number of nitrogens with one attached hydrogen (secondary N) is 1. The van der Waals surface area contributed by atoms with E-state index in [9.17, 15) is 4.39 Å². The van der Waals surface area contributed by atoms with Crippen LogP contribution in [0.2, 0.25) is 0 Å². The highest BCUT2D eigenvalue weighted by Crippen LogP contribution is 2.20. The second kappa shape index (κ2) is 4.99. The Morgan fingerprint density at radius 1 is 1.41 bits per heavy atom. The number of nitrogens with zero attached hydrogens (tertiary/aromatic N) is 2. The van der Waals surface area contributed by atoms with E-state index in [1.807, 2.05) is 30.8 Å². The number of hydrogen-bond acceptors (Lipinski definition) is 2. The van der Waals surface area contributed by atoms with E-state index in [1.165, 1.54) is 6.07 Å². The molecule has 17 heavy (non-hydrogen) atoms. The molecule has 0 aliphatic carbocycles. The molecule has 0 bridgehead atoms. The van der Waals surface area contributed by atoms with Gasteiger partial charge in [-0.25, -0.2) is 4.39 Å². The van der Waals surface area contributed by atoms with E-state index in [0.29, 0.717) is 5.56 Å². The second-order valence-corrected chi connectivity index (χ2v) is 3.97. The fourth-order valence-electron chi connectivity index (χ4n) is 1.77. The van der Waals surface area contributed by atoms with Gasteiger partial charge < -0.3 is 5.32 Å². The third-order valence-corrected chi connectivity index (χ3v) is 2.71. The van der Waals surface area contributed by atoms with Crippen LogP contribution in [-0.4, -0.2) is 9.78 Å². The molecular weight excluding hydrogens is 217 g/mol. The molecule has 4 heteroatoms. The molecule has 1 unspecified atom stereocenters. The Balaban J connectivity index is 2.11. The van der Waals surface area contributed by atoms with Crippen LogP contribution in [0, 0.1) is 5.82 Å². The molecule has 2 aromatic rings. The maximum Gasteiger partial charge on any atom is 0.128 e. The van der Waals surface area contributed by atoms with Gasteiger partial charge in [0.1, 0.15) is 5.82 Å². The molecule has 0 saturated heterocycles. The van der Waals surface area contributed by atoms with Crippen molar-refractivity contribution in [3.63, 3.8) is 0 Å². The predicted molar refractivity (Wildman–Crippen MR) is 66.3 cm³/mol. The second-order valence-electron chi connectivity index (χ2n) is 3.97. The minimum Gasteiger partial charge on any atom is -0.376 e. The molecule has 0 saturated carbocycles. The molecule has 2 rings (SSSR count). The zero-order valence-electron chi connectivity index (χ0n) is 10.0. The normalized spacial score (nSPS) is 12.4. The van der Waals surface area contributed by atoms with Gasteiger partial charge in [-0.15, -0.1) is 0 Å². The Morgan fingerprint density at radius 2 is 2.18 bits per heavy atom. The van der Waals surface area contributed by atoms with Crippen LogP contribution in [0.4, 0.5) is 10.1 Å². The lowest BCUT2D eigenvalue weighted by molar-refractivity contribution is 0.600. The Labute approximate surface area is 100 Å².